The van der Waals surface area contributed by atoms with Crippen molar-refractivity contribution in [1.82, 2.24) is 10.4 Å². The van der Waals surface area contributed by atoms with E-state index >= 15 is 0 Å². The van der Waals surface area contributed by atoms with E-state index in [1.54, 1.807) is 30.5 Å². The maximum atomic E-state index is 13.4. The Balaban J connectivity index is 1.81. The van der Waals surface area contributed by atoms with Crippen LogP contribution in [0.3, 0.4) is 0 Å². The molecule has 0 saturated carbocycles. The molecular formula is C20H12Br2FN3O3. The van der Waals surface area contributed by atoms with E-state index in [0.29, 0.717) is 20.1 Å². The first-order valence-corrected chi connectivity index (χ1v) is 9.73. The van der Waals surface area contributed by atoms with Gasteiger partial charge in [0.25, 0.3) is 5.91 Å². The molecule has 0 saturated heterocycles. The van der Waals surface area contributed by atoms with Gasteiger partial charge >= 0.3 is 5.97 Å². The molecule has 0 fully saturated rings. The summed E-state index contributed by atoms with van der Waals surface area (Å²) in [5.74, 6) is -1.56. The molecule has 3 aromatic rings. The molecule has 0 radical (unpaired) electrons. The van der Waals surface area contributed by atoms with Gasteiger partial charge < -0.3 is 4.74 Å². The van der Waals surface area contributed by atoms with Crippen molar-refractivity contribution in [1.29, 1.82) is 0 Å². The summed E-state index contributed by atoms with van der Waals surface area (Å²) in [6, 6.07) is 11.7. The summed E-state index contributed by atoms with van der Waals surface area (Å²) < 4.78 is 20.0. The molecule has 0 atom stereocenters. The van der Waals surface area contributed by atoms with Gasteiger partial charge in [0, 0.05) is 22.4 Å². The molecule has 1 heterocycles. The van der Waals surface area contributed by atoms with Gasteiger partial charge in [0.15, 0.2) is 5.75 Å². The van der Waals surface area contributed by atoms with Crippen LogP contribution in [-0.4, -0.2) is 23.1 Å². The van der Waals surface area contributed by atoms with Crippen LogP contribution < -0.4 is 10.2 Å². The van der Waals surface area contributed by atoms with Crippen molar-refractivity contribution in [2.45, 2.75) is 0 Å². The summed E-state index contributed by atoms with van der Waals surface area (Å²) in [5.41, 5.74) is 3.19. The number of esters is 1. The van der Waals surface area contributed by atoms with E-state index in [0.717, 1.165) is 6.07 Å². The second-order valence-corrected chi connectivity index (χ2v) is 7.42. The summed E-state index contributed by atoms with van der Waals surface area (Å²) in [6.45, 7) is 0. The standard InChI is InChI=1S/C20H12Br2FN3O3/c21-15-7-14(11-25-26-19(27)13-4-2-6-24-10-13)18(17(22)9-15)29-20(28)12-3-1-5-16(23)8-12/h1-11H,(H,26,27)/b25-11-. The summed E-state index contributed by atoms with van der Waals surface area (Å²) in [5, 5.41) is 3.91. The zero-order valence-corrected chi connectivity index (χ0v) is 17.8. The Morgan fingerprint density at radius 3 is 2.62 bits per heavy atom. The summed E-state index contributed by atoms with van der Waals surface area (Å²) in [6.07, 6.45) is 4.29. The van der Waals surface area contributed by atoms with Gasteiger partial charge in [-0.25, -0.2) is 14.6 Å². The average molecular weight is 521 g/mol. The quantitative estimate of drug-likeness (QED) is 0.228. The molecule has 1 N–H and O–H groups in total. The van der Waals surface area contributed by atoms with Gasteiger partial charge in [-0.15, -0.1) is 0 Å². The van der Waals surface area contributed by atoms with Crippen molar-refractivity contribution in [3.8, 4) is 5.75 Å². The van der Waals surface area contributed by atoms with E-state index in [1.807, 2.05) is 0 Å². The largest absolute Gasteiger partial charge is 0.421 e. The van der Waals surface area contributed by atoms with Crippen LogP contribution in [0.2, 0.25) is 0 Å². The SMILES string of the molecule is O=C(N/N=C\c1cc(Br)cc(Br)c1OC(=O)c1cccc(F)c1)c1cccnc1. The number of rotatable bonds is 5. The Morgan fingerprint density at radius 2 is 1.90 bits per heavy atom. The van der Waals surface area contributed by atoms with E-state index in [2.05, 4.69) is 47.4 Å². The maximum absolute atomic E-state index is 13.4. The van der Waals surface area contributed by atoms with Gasteiger partial charge in [-0.3, -0.25) is 9.78 Å². The Hall–Kier alpha value is -2.91. The van der Waals surface area contributed by atoms with Gasteiger partial charge in [-0.2, -0.15) is 5.10 Å². The van der Waals surface area contributed by atoms with Crippen molar-refractivity contribution in [2.75, 3.05) is 0 Å². The average Bonchev–Trinajstić information content (AvgIpc) is 2.71. The van der Waals surface area contributed by atoms with Crippen molar-refractivity contribution in [2.24, 2.45) is 5.10 Å². The minimum atomic E-state index is -0.735. The zero-order chi connectivity index (χ0) is 20.8. The molecule has 0 bridgehead atoms. The number of amides is 1. The number of carbonyl (C=O) groups is 2. The number of nitrogens with zero attached hydrogens (tertiary/aromatic N) is 2. The smallest absolute Gasteiger partial charge is 0.343 e. The lowest BCUT2D eigenvalue weighted by molar-refractivity contribution is 0.0732. The molecule has 3 rings (SSSR count). The molecule has 29 heavy (non-hydrogen) atoms. The number of benzene rings is 2. The van der Waals surface area contributed by atoms with Crippen LogP contribution in [0.15, 0.2) is 75.0 Å². The molecular weight excluding hydrogens is 509 g/mol. The fourth-order valence-corrected chi connectivity index (χ4v) is 3.61. The molecule has 0 unspecified atom stereocenters. The van der Waals surface area contributed by atoms with Crippen LogP contribution in [-0.2, 0) is 0 Å². The minimum absolute atomic E-state index is 0.0626. The van der Waals surface area contributed by atoms with Crippen LogP contribution in [0.1, 0.15) is 26.3 Å². The van der Waals surface area contributed by atoms with Crippen LogP contribution >= 0.6 is 31.9 Å². The summed E-state index contributed by atoms with van der Waals surface area (Å²) in [7, 11) is 0. The predicted octanol–water partition coefficient (Wildman–Crippen LogP) is 4.73. The highest BCUT2D eigenvalue weighted by Crippen LogP contribution is 2.32. The Morgan fingerprint density at radius 1 is 1.10 bits per heavy atom. The van der Waals surface area contributed by atoms with E-state index < -0.39 is 17.7 Å². The number of aromatic nitrogens is 1. The van der Waals surface area contributed by atoms with E-state index in [4.69, 9.17) is 4.74 Å². The predicted molar refractivity (Wildman–Crippen MR) is 112 cm³/mol. The second kappa shape index (κ2) is 9.53. The Bertz CT molecular complexity index is 1090. The van der Waals surface area contributed by atoms with Gasteiger partial charge in [-0.05, 0) is 58.4 Å². The first-order valence-electron chi connectivity index (χ1n) is 8.14. The molecule has 0 aliphatic rings. The van der Waals surface area contributed by atoms with Crippen molar-refractivity contribution in [3.63, 3.8) is 0 Å². The zero-order valence-electron chi connectivity index (χ0n) is 14.6. The normalized spacial score (nSPS) is 10.7. The number of ether oxygens (including phenoxy) is 1. The van der Waals surface area contributed by atoms with Crippen LogP contribution in [0.4, 0.5) is 4.39 Å². The molecule has 146 valence electrons. The van der Waals surface area contributed by atoms with Crippen molar-refractivity contribution in [3.05, 3.63) is 92.4 Å². The highest BCUT2D eigenvalue weighted by molar-refractivity contribution is 9.11. The second-order valence-electron chi connectivity index (χ2n) is 5.65. The number of nitrogens with one attached hydrogen (secondary N) is 1. The van der Waals surface area contributed by atoms with Crippen LogP contribution in [0.25, 0.3) is 0 Å². The number of hydrogen-bond donors (Lipinski definition) is 1. The number of carbonyl (C=O) groups excluding carboxylic acids is 2. The highest BCUT2D eigenvalue weighted by atomic mass is 79.9. The number of hydrogen-bond acceptors (Lipinski definition) is 5. The van der Waals surface area contributed by atoms with E-state index in [1.165, 1.54) is 30.6 Å². The van der Waals surface area contributed by atoms with E-state index in [-0.39, 0.29) is 11.3 Å². The molecule has 0 aliphatic carbocycles. The van der Waals surface area contributed by atoms with Crippen LogP contribution in [0.5, 0.6) is 5.75 Å². The molecule has 9 heteroatoms. The first-order chi connectivity index (χ1) is 13.9. The van der Waals surface area contributed by atoms with Gasteiger partial charge in [0.05, 0.1) is 21.8 Å². The topological polar surface area (TPSA) is 80.6 Å². The molecule has 6 nitrogen and oxygen atoms in total. The molecule has 1 aromatic heterocycles. The monoisotopic (exact) mass is 519 g/mol. The first kappa shape index (κ1) is 20.8. The van der Waals surface area contributed by atoms with Crippen LogP contribution in [0, 0.1) is 5.82 Å². The maximum Gasteiger partial charge on any atom is 0.343 e. The minimum Gasteiger partial charge on any atom is -0.421 e. The van der Waals surface area contributed by atoms with Crippen molar-refractivity contribution < 1.29 is 18.7 Å². The lowest BCUT2D eigenvalue weighted by Gasteiger charge is -2.10. The Kier molecular flexibility index (Phi) is 6.84. The molecule has 2 aromatic carbocycles. The third-order valence-corrected chi connectivity index (χ3v) is 4.63. The van der Waals surface area contributed by atoms with Gasteiger partial charge in [0.2, 0.25) is 0 Å². The molecule has 1 amide bonds. The number of halogens is 3. The van der Waals surface area contributed by atoms with Crippen molar-refractivity contribution >= 4 is 50.0 Å². The summed E-state index contributed by atoms with van der Waals surface area (Å²) >= 11 is 6.68. The number of pyridine rings is 1. The fraction of sp³-hybridized carbons (Fsp3) is 0. The number of hydrazone groups is 1. The Labute approximate surface area is 182 Å². The highest BCUT2D eigenvalue weighted by Gasteiger charge is 2.16. The summed E-state index contributed by atoms with van der Waals surface area (Å²) in [4.78, 5) is 28.3. The molecule has 0 aliphatic heterocycles. The lowest BCUT2D eigenvalue weighted by Crippen LogP contribution is -2.18. The third-order valence-electron chi connectivity index (χ3n) is 3.59. The molecule has 0 spiro atoms. The van der Waals surface area contributed by atoms with Gasteiger partial charge in [0.1, 0.15) is 5.82 Å². The van der Waals surface area contributed by atoms with E-state index in [9.17, 15) is 14.0 Å². The lowest BCUT2D eigenvalue weighted by atomic mass is 10.2. The fourth-order valence-electron chi connectivity index (χ4n) is 2.27. The third kappa shape index (κ3) is 5.55. The van der Waals surface area contributed by atoms with Gasteiger partial charge in [-0.1, -0.05) is 22.0 Å².